The number of aryl methyl sites for hydroxylation is 1. The summed E-state index contributed by atoms with van der Waals surface area (Å²) in [5.74, 6) is 0. The summed E-state index contributed by atoms with van der Waals surface area (Å²) in [7, 11) is 2.21. The van der Waals surface area contributed by atoms with Gasteiger partial charge in [0.1, 0.15) is 0 Å². The molecule has 0 aliphatic carbocycles. The van der Waals surface area contributed by atoms with Crippen molar-refractivity contribution < 1.29 is 0 Å². The van der Waals surface area contributed by atoms with Crippen molar-refractivity contribution in [2.45, 2.75) is 19.4 Å². The summed E-state index contributed by atoms with van der Waals surface area (Å²) < 4.78 is 2.37. The van der Waals surface area contributed by atoms with Gasteiger partial charge in [0.2, 0.25) is 0 Å². The lowest BCUT2D eigenvalue weighted by Gasteiger charge is -2.32. The van der Waals surface area contributed by atoms with Crippen LogP contribution in [0.3, 0.4) is 0 Å². The molecular weight excluding hydrogens is 354 g/mol. The van der Waals surface area contributed by atoms with Crippen LogP contribution in [0.5, 0.6) is 0 Å². The molecule has 4 rings (SSSR count). The number of nitrogens with zero attached hydrogens (tertiary/aromatic N) is 3. The molecule has 4 heteroatoms. The summed E-state index contributed by atoms with van der Waals surface area (Å²) in [6.07, 6.45) is 4.69. The first-order valence-electron chi connectivity index (χ1n) is 9.91. The number of piperazine rings is 1. The second-order valence-corrected chi connectivity index (χ2v) is 8.11. The normalized spacial score (nSPS) is 16.2. The molecule has 0 N–H and O–H groups in total. The average Bonchev–Trinajstić information content (AvgIpc) is 3.01. The minimum absolute atomic E-state index is 0.802. The van der Waals surface area contributed by atoms with E-state index < -0.39 is 0 Å². The smallest absolute Gasteiger partial charge is 0.0486 e. The Kier molecular flexibility index (Phi) is 5.82. The van der Waals surface area contributed by atoms with E-state index in [2.05, 4.69) is 64.0 Å². The third-order valence-electron chi connectivity index (χ3n) is 5.63. The maximum atomic E-state index is 6.17. The topological polar surface area (TPSA) is 11.4 Å². The van der Waals surface area contributed by atoms with Gasteiger partial charge in [0.25, 0.3) is 0 Å². The molecule has 0 bridgehead atoms. The largest absolute Gasteiger partial charge is 0.343 e. The summed E-state index contributed by atoms with van der Waals surface area (Å²) >= 11 is 6.17. The van der Waals surface area contributed by atoms with Crippen molar-refractivity contribution in [2.24, 2.45) is 0 Å². The third kappa shape index (κ3) is 4.55. The summed E-state index contributed by atoms with van der Waals surface area (Å²) in [6.45, 7) is 6.85. The van der Waals surface area contributed by atoms with Crippen LogP contribution in [0.4, 0.5) is 0 Å². The molecule has 0 radical (unpaired) electrons. The number of likely N-dealkylation sites (N-methyl/N-ethyl adjacent to an activating group) is 1. The van der Waals surface area contributed by atoms with Gasteiger partial charge in [-0.2, -0.15) is 0 Å². The first-order chi connectivity index (χ1) is 13.2. The highest BCUT2D eigenvalue weighted by Gasteiger charge is 2.14. The number of para-hydroxylation sites is 1. The average molecular weight is 382 g/mol. The Hall–Kier alpha value is -1.81. The molecule has 0 amide bonds. The molecule has 1 aliphatic rings. The molecule has 3 nitrogen and oxygen atoms in total. The van der Waals surface area contributed by atoms with E-state index in [1.54, 1.807) is 0 Å². The quantitative estimate of drug-likeness (QED) is 0.621. The van der Waals surface area contributed by atoms with Crippen molar-refractivity contribution >= 4 is 22.5 Å². The Morgan fingerprint density at radius 1 is 0.963 bits per heavy atom. The van der Waals surface area contributed by atoms with Crippen LogP contribution in [0.25, 0.3) is 10.9 Å². The summed E-state index contributed by atoms with van der Waals surface area (Å²) in [5, 5.41) is 2.19. The monoisotopic (exact) mass is 381 g/mol. The molecule has 2 heterocycles. The van der Waals surface area contributed by atoms with E-state index in [1.165, 1.54) is 61.2 Å². The van der Waals surface area contributed by atoms with Crippen LogP contribution in [-0.4, -0.2) is 54.1 Å². The summed E-state index contributed by atoms with van der Waals surface area (Å²) in [6, 6.07) is 16.9. The van der Waals surface area contributed by atoms with E-state index in [4.69, 9.17) is 11.6 Å². The molecule has 0 spiro atoms. The van der Waals surface area contributed by atoms with Crippen LogP contribution in [0.2, 0.25) is 5.02 Å². The van der Waals surface area contributed by atoms with Gasteiger partial charge < -0.3 is 14.4 Å². The Labute approximate surface area is 167 Å². The summed E-state index contributed by atoms with van der Waals surface area (Å²) in [5.41, 5.74) is 4.01. The predicted molar refractivity (Wildman–Crippen MR) is 115 cm³/mol. The molecule has 0 atom stereocenters. The van der Waals surface area contributed by atoms with Crippen LogP contribution in [0, 0.1) is 0 Å². The number of benzene rings is 2. The number of fused-ring (bicyclic) bond motifs is 1. The predicted octanol–water partition coefficient (Wildman–Crippen LogP) is 4.52. The fraction of sp³-hybridized carbons (Fsp3) is 0.391. The molecule has 0 saturated carbocycles. The molecule has 142 valence electrons. The Morgan fingerprint density at radius 2 is 1.78 bits per heavy atom. The van der Waals surface area contributed by atoms with E-state index in [9.17, 15) is 0 Å². The number of hydrogen-bond acceptors (Lipinski definition) is 2. The van der Waals surface area contributed by atoms with Crippen LogP contribution < -0.4 is 0 Å². The Morgan fingerprint density at radius 3 is 2.59 bits per heavy atom. The van der Waals surface area contributed by atoms with E-state index >= 15 is 0 Å². The van der Waals surface area contributed by atoms with Crippen molar-refractivity contribution in [3.8, 4) is 0 Å². The van der Waals surface area contributed by atoms with Crippen molar-refractivity contribution in [1.29, 1.82) is 0 Å². The van der Waals surface area contributed by atoms with Gasteiger partial charge in [0.05, 0.1) is 0 Å². The third-order valence-corrected chi connectivity index (χ3v) is 5.86. The molecular formula is C23H28ClN3. The van der Waals surface area contributed by atoms with Gasteiger partial charge in [-0.15, -0.1) is 0 Å². The van der Waals surface area contributed by atoms with Gasteiger partial charge in [0, 0.05) is 54.8 Å². The number of aromatic nitrogens is 1. The highest BCUT2D eigenvalue weighted by atomic mass is 35.5. The van der Waals surface area contributed by atoms with Crippen LogP contribution >= 0.6 is 11.6 Å². The molecule has 1 fully saturated rings. The van der Waals surface area contributed by atoms with Crippen molar-refractivity contribution in [3.63, 3.8) is 0 Å². The van der Waals surface area contributed by atoms with Gasteiger partial charge in [-0.05, 0) is 55.8 Å². The number of hydrogen-bond donors (Lipinski definition) is 0. The Bertz CT molecular complexity index is 894. The molecule has 27 heavy (non-hydrogen) atoms. The first-order valence-corrected chi connectivity index (χ1v) is 10.3. The first kappa shape index (κ1) is 18.5. The molecule has 0 unspecified atom stereocenters. The zero-order valence-corrected chi connectivity index (χ0v) is 16.8. The SMILES string of the molecule is CN1CCN(CCCc2cn(Cc3cccc(Cl)c3)c3ccccc23)CC1. The minimum Gasteiger partial charge on any atom is -0.343 e. The highest BCUT2D eigenvalue weighted by molar-refractivity contribution is 6.30. The molecule has 1 aromatic heterocycles. The van der Waals surface area contributed by atoms with E-state index in [-0.39, 0.29) is 0 Å². The maximum absolute atomic E-state index is 6.17. The molecule has 3 aromatic rings. The van der Waals surface area contributed by atoms with E-state index in [1.807, 2.05) is 12.1 Å². The maximum Gasteiger partial charge on any atom is 0.0486 e. The van der Waals surface area contributed by atoms with Crippen molar-refractivity contribution in [3.05, 3.63) is 70.9 Å². The van der Waals surface area contributed by atoms with Gasteiger partial charge in [-0.1, -0.05) is 41.9 Å². The van der Waals surface area contributed by atoms with Crippen LogP contribution in [-0.2, 0) is 13.0 Å². The van der Waals surface area contributed by atoms with Crippen LogP contribution in [0.1, 0.15) is 17.5 Å². The molecule has 1 aliphatic heterocycles. The van der Waals surface area contributed by atoms with Crippen molar-refractivity contribution in [2.75, 3.05) is 39.8 Å². The number of rotatable bonds is 6. The summed E-state index contributed by atoms with van der Waals surface area (Å²) in [4.78, 5) is 5.02. The second kappa shape index (κ2) is 8.47. The standard InChI is InChI=1S/C23H28ClN3/c1-25-12-14-26(15-13-25)11-5-7-20-18-27(23-10-3-2-9-22(20)23)17-19-6-4-8-21(24)16-19/h2-4,6,8-10,16,18H,5,7,11-15,17H2,1H3. The fourth-order valence-corrected chi connectivity index (χ4v) is 4.26. The van der Waals surface area contributed by atoms with Crippen molar-refractivity contribution in [1.82, 2.24) is 14.4 Å². The van der Waals surface area contributed by atoms with Crippen LogP contribution in [0.15, 0.2) is 54.7 Å². The lowest BCUT2D eigenvalue weighted by molar-refractivity contribution is 0.153. The number of halogens is 1. The van der Waals surface area contributed by atoms with Gasteiger partial charge >= 0.3 is 0 Å². The van der Waals surface area contributed by atoms with Gasteiger partial charge in [-0.3, -0.25) is 0 Å². The zero-order chi connectivity index (χ0) is 18.6. The molecule has 2 aromatic carbocycles. The lowest BCUT2D eigenvalue weighted by Crippen LogP contribution is -2.44. The zero-order valence-electron chi connectivity index (χ0n) is 16.1. The van der Waals surface area contributed by atoms with E-state index in [0.29, 0.717) is 0 Å². The minimum atomic E-state index is 0.802. The van der Waals surface area contributed by atoms with E-state index in [0.717, 1.165) is 18.0 Å². The second-order valence-electron chi connectivity index (χ2n) is 7.68. The Balaban J connectivity index is 1.46. The van der Waals surface area contributed by atoms with Gasteiger partial charge in [0.15, 0.2) is 0 Å². The van der Waals surface area contributed by atoms with Gasteiger partial charge in [-0.25, -0.2) is 0 Å². The lowest BCUT2D eigenvalue weighted by atomic mass is 10.1. The molecule has 1 saturated heterocycles. The fourth-order valence-electron chi connectivity index (χ4n) is 4.05. The highest BCUT2D eigenvalue weighted by Crippen LogP contribution is 2.24.